The number of nitrogens with zero attached hydrogens (tertiary/aromatic N) is 3. The predicted molar refractivity (Wildman–Crippen MR) is 132 cm³/mol. The number of imidazole rings is 1. The van der Waals surface area contributed by atoms with E-state index in [0.717, 1.165) is 5.56 Å². The van der Waals surface area contributed by atoms with Crippen LogP contribution in [0, 0.1) is 13.8 Å². The van der Waals surface area contributed by atoms with Gasteiger partial charge in [0, 0.05) is 35.0 Å². The van der Waals surface area contributed by atoms with E-state index in [1.807, 2.05) is 0 Å². The Morgan fingerprint density at radius 3 is 2.25 bits per heavy atom. The number of H-pyrrole nitrogens is 1. The van der Waals surface area contributed by atoms with Gasteiger partial charge < -0.3 is 15.0 Å². The van der Waals surface area contributed by atoms with E-state index in [1.54, 1.807) is 56.6 Å². The van der Waals surface area contributed by atoms with E-state index in [1.165, 1.54) is 24.3 Å². The summed E-state index contributed by atoms with van der Waals surface area (Å²) in [7, 11) is -3.92. The molecule has 11 nitrogen and oxygen atoms in total. The lowest BCUT2D eigenvalue weighted by Gasteiger charge is -2.10. The van der Waals surface area contributed by atoms with E-state index < -0.39 is 28.5 Å². The lowest BCUT2D eigenvalue weighted by molar-refractivity contribution is -0.119. The second-order valence-electron chi connectivity index (χ2n) is 7.74. The molecule has 3 N–H and O–H groups in total. The van der Waals surface area contributed by atoms with E-state index in [-0.39, 0.29) is 16.4 Å². The first kappa shape index (κ1) is 24.5. The predicted octanol–water partition coefficient (Wildman–Crippen LogP) is 3.08. The van der Waals surface area contributed by atoms with Gasteiger partial charge in [-0.15, -0.1) is 0 Å². The van der Waals surface area contributed by atoms with Crippen molar-refractivity contribution in [3.05, 3.63) is 83.9 Å². The van der Waals surface area contributed by atoms with Gasteiger partial charge in [0.05, 0.1) is 10.5 Å². The molecule has 0 aliphatic carbocycles. The number of sulfonamides is 1. The number of carbonyl (C=O) groups is 2. The van der Waals surface area contributed by atoms with Crippen molar-refractivity contribution in [2.45, 2.75) is 18.7 Å². The number of anilines is 2. The van der Waals surface area contributed by atoms with E-state index in [4.69, 9.17) is 4.74 Å². The molecule has 1 amide bonds. The Morgan fingerprint density at radius 2 is 1.64 bits per heavy atom. The highest BCUT2D eigenvalue weighted by Gasteiger charge is 2.17. The highest BCUT2D eigenvalue weighted by molar-refractivity contribution is 7.92. The van der Waals surface area contributed by atoms with Crippen molar-refractivity contribution in [1.82, 2.24) is 19.9 Å². The summed E-state index contributed by atoms with van der Waals surface area (Å²) in [4.78, 5) is 39.6. The van der Waals surface area contributed by atoms with E-state index in [2.05, 4.69) is 30.0 Å². The van der Waals surface area contributed by atoms with Gasteiger partial charge in [-0.1, -0.05) is 12.1 Å². The molecule has 0 atom stereocenters. The molecule has 0 spiro atoms. The van der Waals surface area contributed by atoms with E-state index in [0.29, 0.717) is 22.9 Å². The minimum Gasteiger partial charge on any atom is -0.452 e. The van der Waals surface area contributed by atoms with Gasteiger partial charge in [-0.25, -0.2) is 32.9 Å². The van der Waals surface area contributed by atoms with Crippen LogP contribution in [-0.2, 0) is 19.6 Å². The highest BCUT2D eigenvalue weighted by atomic mass is 32.2. The molecule has 0 fully saturated rings. The number of benzene rings is 2. The Morgan fingerprint density at radius 1 is 0.972 bits per heavy atom. The zero-order chi connectivity index (χ0) is 25.7. The number of amides is 1. The molecule has 0 saturated carbocycles. The number of nitrogens with one attached hydrogen (secondary N) is 3. The smallest absolute Gasteiger partial charge is 0.338 e. The SMILES string of the molecule is Cc1cc(C)nc(NS(=O)(=O)c2ccc(NC(=O)COC(=O)c3ccc(-c4ncc[nH]4)cc3)cc2)n1. The van der Waals surface area contributed by atoms with Crippen molar-refractivity contribution in [1.29, 1.82) is 0 Å². The zero-order valence-corrected chi connectivity index (χ0v) is 20.2. The van der Waals surface area contributed by atoms with E-state index >= 15 is 0 Å². The number of aromatic nitrogens is 4. The number of aryl methyl sites for hydroxylation is 2. The summed E-state index contributed by atoms with van der Waals surface area (Å²) >= 11 is 0. The van der Waals surface area contributed by atoms with Crippen LogP contribution in [-0.4, -0.2) is 46.8 Å². The first-order valence-corrected chi connectivity index (χ1v) is 12.2. The highest BCUT2D eigenvalue weighted by Crippen LogP contribution is 2.18. The topological polar surface area (TPSA) is 156 Å². The third-order valence-corrected chi connectivity index (χ3v) is 6.23. The van der Waals surface area contributed by atoms with Gasteiger partial charge in [0.1, 0.15) is 5.82 Å². The molecule has 2 aromatic carbocycles. The molecule has 0 unspecified atom stereocenters. The number of rotatable bonds is 8. The Balaban J connectivity index is 1.31. The van der Waals surface area contributed by atoms with Gasteiger partial charge in [-0.3, -0.25) is 4.79 Å². The fourth-order valence-corrected chi connectivity index (χ4v) is 4.21. The second-order valence-corrected chi connectivity index (χ2v) is 9.43. The largest absolute Gasteiger partial charge is 0.452 e. The summed E-state index contributed by atoms with van der Waals surface area (Å²) in [5.74, 6) is -0.588. The number of hydrogen-bond acceptors (Lipinski definition) is 8. The molecule has 4 aromatic rings. The van der Waals surface area contributed by atoms with Crippen LogP contribution in [0.3, 0.4) is 0 Å². The third-order valence-electron chi connectivity index (χ3n) is 4.88. The third kappa shape index (κ3) is 6.10. The van der Waals surface area contributed by atoms with Crippen molar-refractivity contribution in [2.24, 2.45) is 0 Å². The fourth-order valence-electron chi connectivity index (χ4n) is 3.27. The summed E-state index contributed by atoms with van der Waals surface area (Å²) in [5, 5.41) is 2.55. The Labute approximate surface area is 207 Å². The average molecular weight is 507 g/mol. The average Bonchev–Trinajstić information content (AvgIpc) is 3.37. The number of esters is 1. The maximum Gasteiger partial charge on any atom is 0.338 e. The molecule has 0 radical (unpaired) electrons. The Kier molecular flexibility index (Phi) is 7.06. The van der Waals surface area contributed by atoms with Gasteiger partial charge in [0.15, 0.2) is 6.61 Å². The molecule has 0 bridgehead atoms. The van der Waals surface area contributed by atoms with Crippen LogP contribution in [0.15, 0.2) is 71.9 Å². The van der Waals surface area contributed by atoms with Gasteiger partial charge >= 0.3 is 5.97 Å². The maximum atomic E-state index is 12.6. The lowest BCUT2D eigenvalue weighted by atomic mass is 10.1. The summed E-state index contributed by atoms with van der Waals surface area (Å²) in [6.07, 6.45) is 3.32. The normalized spacial score (nSPS) is 11.1. The van der Waals surface area contributed by atoms with Crippen molar-refractivity contribution in [2.75, 3.05) is 16.6 Å². The van der Waals surface area contributed by atoms with Crippen LogP contribution in [0.5, 0.6) is 0 Å². The summed E-state index contributed by atoms with van der Waals surface area (Å²) in [6, 6.07) is 13.8. The zero-order valence-electron chi connectivity index (χ0n) is 19.3. The quantitative estimate of drug-likeness (QED) is 0.308. The molecule has 2 aromatic heterocycles. The van der Waals surface area contributed by atoms with Crippen LogP contribution >= 0.6 is 0 Å². The van der Waals surface area contributed by atoms with Crippen molar-refractivity contribution in [3.63, 3.8) is 0 Å². The van der Waals surface area contributed by atoms with Gasteiger partial charge in [0.2, 0.25) is 5.95 Å². The molecule has 0 aliphatic rings. The minimum atomic E-state index is -3.92. The standard InChI is InChI=1S/C24H22N6O5S/c1-15-13-16(2)28-24(27-15)30-36(33,34)20-9-7-19(8-10-20)29-21(31)14-35-23(32)18-5-3-17(4-6-18)22-25-11-12-26-22/h3-13H,14H2,1-2H3,(H,25,26)(H,29,31)(H,27,28,30). The molecule has 184 valence electrons. The molecule has 12 heteroatoms. The molecular formula is C24H22N6O5S. The Bertz CT molecular complexity index is 1470. The van der Waals surface area contributed by atoms with Gasteiger partial charge in [-0.2, -0.15) is 0 Å². The molecule has 4 rings (SSSR count). The summed E-state index contributed by atoms with van der Waals surface area (Å²) in [5.41, 5.74) is 2.68. The minimum absolute atomic E-state index is 0.0256. The molecule has 0 saturated heterocycles. The number of ether oxygens (including phenoxy) is 1. The number of aromatic amines is 1. The second kappa shape index (κ2) is 10.4. The lowest BCUT2D eigenvalue weighted by Crippen LogP contribution is -2.21. The van der Waals surface area contributed by atoms with Crippen LogP contribution in [0.1, 0.15) is 21.7 Å². The molecule has 0 aliphatic heterocycles. The van der Waals surface area contributed by atoms with Crippen molar-refractivity contribution < 1.29 is 22.7 Å². The molecular weight excluding hydrogens is 484 g/mol. The number of hydrogen-bond donors (Lipinski definition) is 3. The first-order chi connectivity index (χ1) is 17.2. The Hall–Kier alpha value is -4.58. The van der Waals surface area contributed by atoms with Crippen LogP contribution < -0.4 is 10.0 Å². The monoisotopic (exact) mass is 506 g/mol. The molecule has 36 heavy (non-hydrogen) atoms. The molecule has 2 heterocycles. The van der Waals surface area contributed by atoms with Gasteiger partial charge in [-0.05, 0) is 56.3 Å². The van der Waals surface area contributed by atoms with E-state index in [9.17, 15) is 18.0 Å². The van der Waals surface area contributed by atoms with Gasteiger partial charge in [0.25, 0.3) is 15.9 Å². The van der Waals surface area contributed by atoms with Crippen LogP contribution in [0.2, 0.25) is 0 Å². The number of carbonyl (C=O) groups excluding carboxylic acids is 2. The first-order valence-electron chi connectivity index (χ1n) is 10.7. The fraction of sp³-hybridized carbons (Fsp3) is 0.125. The van der Waals surface area contributed by atoms with Crippen molar-refractivity contribution in [3.8, 4) is 11.4 Å². The van der Waals surface area contributed by atoms with Crippen LogP contribution in [0.25, 0.3) is 11.4 Å². The van der Waals surface area contributed by atoms with Crippen LogP contribution in [0.4, 0.5) is 11.6 Å². The van der Waals surface area contributed by atoms with Crippen molar-refractivity contribution >= 4 is 33.5 Å². The summed E-state index contributed by atoms with van der Waals surface area (Å²) < 4.78 is 32.6. The summed E-state index contributed by atoms with van der Waals surface area (Å²) in [6.45, 7) is 2.96. The maximum absolute atomic E-state index is 12.6.